The molecule has 0 spiro atoms. The van der Waals surface area contributed by atoms with Gasteiger partial charge >= 0.3 is 0 Å². The van der Waals surface area contributed by atoms with Crippen molar-refractivity contribution in [3.05, 3.63) is 64.3 Å². The molecule has 1 aromatic heterocycles. The summed E-state index contributed by atoms with van der Waals surface area (Å²) in [5.74, 6) is -0.184. The van der Waals surface area contributed by atoms with Gasteiger partial charge in [0.15, 0.2) is 5.96 Å². The van der Waals surface area contributed by atoms with Crippen molar-refractivity contribution in [2.75, 3.05) is 7.05 Å². The van der Waals surface area contributed by atoms with E-state index in [9.17, 15) is 4.79 Å². The minimum atomic E-state index is -0.421. The van der Waals surface area contributed by atoms with Crippen LogP contribution in [0.25, 0.3) is 10.9 Å². The lowest BCUT2D eigenvalue weighted by molar-refractivity contribution is 0.0864. The Kier molecular flexibility index (Phi) is 5.34. The van der Waals surface area contributed by atoms with Gasteiger partial charge in [0.25, 0.3) is 5.91 Å². The highest BCUT2D eigenvalue weighted by atomic mass is 35.5. The molecule has 3 rings (SSSR count). The quantitative estimate of drug-likeness (QED) is 0.398. The smallest absolute Gasteiger partial charge is 0.276 e. The molecule has 8 heteroatoms. The number of aromatic nitrogens is 1. The third-order valence-electron chi connectivity index (χ3n) is 4.19. The van der Waals surface area contributed by atoms with Crippen LogP contribution in [0.4, 0.5) is 0 Å². The molecule has 0 saturated heterocycles. The number of carbonyl (C=O) groups excluding carboxylic acids is 1. The molecule has 0 aliphatic carbocycles. The third kappa shape index (κ3) is 4.05. The second kappa shape index (κ2) is 7.69. The van der Waals surface area contributed by atoms with Gasteiger partial charge in [0.05, 0.1) is 10.5 Å². The number of hydrogen-bond acceptors (Lipinski definition) is 4. The highest BCUT2D eigenvalue weighted by molar-refractivity contribution is 6.35. The average Bonchev–Trinajstić information content (AvgIpc) is 3.10. The van der Waals surface area contributed by atoms with E-state index < -0.39 is 5.91 Å². The molecule has 0 aliphatic rings. The molecule has 0 atom stereocenters. The maximum atomic E-state index is 12.3. The molecule has 0 unspecified atom stereocenters. The number of hydrogen-bond donors (Lipinski definition) is 4. The number of H-pyrrole nitrogens is 1. The third-order valence-corrected chi connectivity index (χ3v) is 4.50. The molecule has 2 aromatic carbocycles. The first kappa shape index (κ1) is 18.8. The van der Waals surface area contributed by atoms with Gasteiger partial charge in [0.2, 0.25) is 0 Å². The van der Waals surface area contributed by atoms with Gasteiger partial charge in [-0.3, -0.25) is 15.1 Å². The minimum Gasteiger partial charge on any atom is -0.489 e. The molecule has 7 nitrogen and oxygen atoms in total. The van der Waals surface area contributed by atoms with Gasteiger partial charge in [0.1, 0.15) is 18.1 Å². The van der Waals surface area contributed by atoms with E-state index in [4.69, 9.17) is 33.2 Å². The average molecular weight is 386 g/mol. The Morgan fingerprint density at radius 2 is 2.00 bits per heavy atom. The van der Waals surface area contributed by atoms with Crippen LogP contribution in [-0.4, -0.2) is 28.8 Å². The number of guanidine groups is 1. The summed E-state index contributed by atoms with van der Waals surface area (Å²) in [6, 6.07) is 13.0. The first-order chi connectivity index (χ1) is 12.9. The van der Waals surface area contributed by atoms with Crippen molar-refractivity contribution < 1.29 is 9.53 Å². The Morgan fingerprint density at radius 3 is 2.70 bits per heavy atom. The number of fused-ring (bicyclic) bond motifs is 1. The van der Waals surface area contributed by atoms with E-state index in [2.05, 4.69) is 4.98 Å². The van der Waals surface area contributed by atoms with Crippen LogP contribution in [0.2, 0.25) is 5.02 Å². The van der Waals surface area contributed by atoms with Crippen LogP contribution in [0.1, 0.15) is 21.6 Å². The Labute approximate surface area is 161 Å². The van der Waals surface area contributed by atoms with Crippen molar-refractivity contribution in [1.82, 2.24) is 9.88 Å². The fraction of sp³-hybridized carbons (Fsp3) is 0.158. The number of nitrogens with zero attached hydrogens (tertiary/aromatic N) is 1. The van der Waals surface area contributed by atoms with Gasteiger partial charge in [-0.2, -0.15) is 0 Å². The van der Waals surface area contributed by atoms with Crippen molar-refractivity contribution in [3.8, 4) is 5.75 Å². The largest absolute Gasteiger partial charge is 0.489 e. The maximum Gasteiger partial charge on any atom is 0.276 e. The fourth-order valence-electron chi connectivity index (χ4n) is 2.67. The van der Waals surface area contributed by atoms with E-state index >= 15 is 0 Å². The van der Waals surface area contributed by atoms with Crippen LogP contribution in [0.15, 0.2) is 42.5 Å². The lowest BCUT2D eigenvalue weighted by Crippen LogP contribution is -2.38. The van der Waals surface area contributed by atoms with Crippen molar-refractivity contribution in [1.29, 1.82) is 5.41 Å². The normalized spacial score (nSPS) is 10.8. The van der Waals surface area contributed by atoms with E-state index in [-0.39, 0.29) is 11.7 Å². The molecular formula is C19H20ClN5O2. The zero-order valence-electron chi connectivity index (χ0n) is 14.8. The predicted octanol–water partition coefficient (Wildman–Crippen LogP) is 2.82. The summed E-state index contributed by atoms with van der Waals surface area (Å²) in [5, 5.41) is 8.52. The van der Waals surface area contributed by atoms with Crippen LogP contribution in [0.3, 0.4) is 0 Å². The summed E-state index contributed by atoms with van der Waals surface area (Å²) >= 11 is 6.34. The molecule has 6 N–H and O–H groups in total. The topological polar surface area (TPSA) is 121 Å². The second-order valence-electron chi connectivity index (χ2n) is 6.11. The molecule has 3 aromatic rings. The summed E-state index contributed by atoms with van der Waals surface area (Å²) in [6.07, 6.45) is 0. The van der Waals surface area contributed by atoms with Crippen LogP contribution in [-0.2, 0) is 13.2 Å². The molecule has 1 heterocycles. The van der Waals surface area contributed by atoms with Gasteiger partial charge in [-0.1, -0.05) is 35.9 Å². The van der Waals surface area contributed by atoms with Crippen molar-refractivity contribution in [2.24, 2.45) is 11.5 Å². The standard InChI is InChI=1S/C19H20ClN5O2/c1-25(19(22)23)18(26)17-8-14-15(20)6-13(7-16(14)24-17)27-10-12-4-2-3-11(5-12)9-21/h2-8,24H,9-10,21H2,1H3,(H3,22,23). The van der Waals surface area contributed by atoms with Gasteiger partial charge in [-0.25, -0.2) is 0 Å². The van der Waals surface area contributed by atoms with Crippen molar-refractivity contribution in [2.45, 2.75) is 13.2 Å². The van der Waals surface area contributed by atoms with E-state index in [0.717, 1.165) is 16.0 Å². The number of ether oxygens (including phenoxy) is 1. The predicted molar refractivity (Wildman–Crippen MR) is 106 cm³/mol. The van der Waals surface area contributed by atoms with Crippen molar-refractivity contribution in [3.63, 3.8) is 0 Å². The highest BCUT2D eigenvalue weighted by Gasteiger charge is 2.17. The lowest BCUT2D eigenvalue weighted by Gasteiger charge is -2.12. The summed E-state index contributed by atoms with van der Waals surface area (Å²) in [6.45, 7) is 0.842. The monoisotopic (exact) mass is 385 g/mol. The van der Waals surface area contributed by atoms with Gasteiger partial charge in [0, 0.05) is 25.0 Å². The number of carbonyl (C=O) groups is 1. The number of benzene rings is 2. The molecule has 0 fully saturated rings. The van der Waals surface area contributed by atoms with Gasteiger partial charge in [-0.05, 0) is 23.3 Å². The first-order valence-electron chi connectivity index (χ1n) is 8.24. The van der Waals surface area contributed by atoms with Gasteiger partial charge < -0.3 is 21.2 Å². The van der Waals surface area contributed by atoms with E-state index in [1.807, 2.05) is 24.3 Å². The zero-order chi connectivity index (χ0) is 19.6. The lowest BCUT2D eigenvalue weighted by atomic mass is 10.1. The molecule has 27 heavy (non-hydrogen) atoms. The number of nitrogens with two attached hydrogens (primary N) is 2. The Balaban J connectivity index is 1.83. The first-order valence-corrected chi connectivity index (χ1v) is 8.62. The molecular weight excluding hydrogens is 366 g/mol. The number of aromatic amines is 1. The minimum absolute atomic E-state index is 0.289. The van der Waals surface area contributed by atoms with Crippen LogP contribution >= 0.6 is 11.6 Å². The van der Waals surface area contributed by atoms with Crippen LogP contribution < -0.4 is 16.2 Å². The summed E-state index contributed by atoms with van der Waals surface area (Å²) in [4.78, 5) is 16.4. The van der Waals surface area contributed by atoms with Gasteiger partial charge in [-0.15, -0.1) is 0 Å². The van der Waals surface area contributed by atoms with Crippen LogP contribution in [0, 0.1) is 5.41 Å². The summed E-state index contributed by atoms with van der Waals surface area (Å²) in [5.41, 5.74) is 14.0. The second-order valence-corrected chi connectivity index (χ2v) is 6.52. The Hall–Kier alpha value is -3.03. The fourth-order valence-corrected chi connectivity index (χ4v) is 2.93. The molecule has 0 aliphatic heterocycles. The summed E-state index contributed by atoms with van der Waals surface area (Å²) in [7, 11) is 1.43. The number of halogens is 1. The molecule has 0 radical (unpaired) electrons. The molecule has 0 bridgehead atoms. The highest BCUT2D eigenvalue weighted by Crippen LogP contribution is 2.30. The maximum absolute atomic E-state index is 12.3. The molecule has 0 saturated carbocycles. The van der Waals surface area contributed by atoms with E-state index in [1.54, 1.807) is 18.2 Å². The number of nitrogens with one attached hydrogen (secondary N) is 2. The van der Waals surface area contributed by atoms with E-state index in [1.165, 1.54) is 7.05 Å². The van der Waals surface area contributed by atoms with Crippen LogP contribution in [0.5, 0.6) is 5.75 Å². The molecule has 140 valence electrons. The Morgan fingerprint density at radius 1 is 1.26 bits per heavy atom. The molecule has 1 amide bonds. The SMILES string of the molecule is CN(C(=N)N)C(=O)c1cc2c(Cl)cc(OCc3cccc(CN)c3)cc2[nH]1. The Bertz CT molecular complexity index is 1010. The van der Waals surface area contributed by atoms with E-state index in [0.29, 0.717) is 34.8 Å². The summed E-state index contributed by atoms with van der Waals surface area (Å²) < 4.78 is 5.84. The van der Waals surface area contributed by atoms with Crippen molar-refractivity contribution >= 4 is 34.4 Å². The number of rotatable bonds is 5. The number of amides is 1. The zero-order valence-corrected chi connectivity index (χ0v) is 15.5.